The molecule has 2 saturated heterocycles. The summed E-state index contributed by atoms with van der Waals surface area (Å²) in [5.41, 5.74) is 0. The Morgan fingerprint density at radius 2 is 2.24 bits per heavy atom. The fourth-order valence-corrected chi connectivity index (χ4v) is 4.87. The first-order valence-corrected chi connectivity index (χ1v) is 10.7. The van der Waals surface area contributed by atoms with E-state index in [0.717, 1.165) is 39.0 Å². The molecule has 0 aliphatic carbocycles. The minimum Gasteiger partial charge on any atom is -0.378 e. The van der Waals surface area contributed by atoms with E-state index in [2.05, 4.69) is 36.7 Å². The van der Waals surface area contributed by atoms with Crippen LogP contribution in [0.25, 0.3) is 0 Å². The van der Waals surface area contributed by atoms with Crippen molar-refractivity contribution in [1.82, 2.24) is 10.2 Å². The van der Waals surface area contributed by atoms with Crippen molar-refractivity contribution in [2.75, 3.05) is 19.7 Å². The van der Waals surface area contributed by atoms with Crippen molar-refractivity contribution in [3.05, 3.63) is 22.4 Å². The highest BCUT2D eigenvalue weighted by molar-refractivity contribution is 7.10. The molecule has 1 aromatic heterocycles. The second-order valence-corrected chi connectivity index (χ2v) is 8.88. The molecule has 4 nitrogen and oxygen atoms in total. The molecule has 2 amide bonds. The van der Waals surface area contributed by atoms with Crippen LogP contribution >= 0.6 is 11.3 Å². The molecule has 3 atom stereocenters. The third-order valence-corrected chi connectivity index (χ3v) is 6.36. The van der Waals surface area contributed by atoms with Crippen LogP contribution < -0.4 is 5.32 Å². The summed E-state index contributed by atoms with van der Waals surface area (Å²) >= 11 is 1.73. The highest BCUT2D eigenvalue weighted by Gasteiger charge is 2.31. The minimum atomic E-state index is 0.0968. The molecule has 0 spiro atoms. The van der Waals surface area contributed by atoms with Gasteiger partial charge in [0.05, 0.1) is 12.1 Å². The van der Waals surface area contributed by atoms with E-state index in [1.807, 2.05) is 4.90 Å². The van der Waals surface area contributed by atoms with Crippen LogP contribution in [0.5, 0.6) is 0 Å². The summed E-state index contributed by atoms with van der Waals surface area (Å²) in [6.45, 7) is 7.03. The normalized spacial score (nSPS) is 25.8. The maximum Gasteiger partial charge on any atom is 0.317 e. The summed E-state index contributed by atoms with van der Waals surface area (Å²) in [5.74, 6) is 1.06. The van der Waals surface area contributed by atoms with Crippen molar-refractivity contribution in [2.45, 2.75) is 64.5 Å². The maximum absolute atomic E-state index is 12.9. The van der Waals surface area contributed by atoms with E-state index in [1.165, 1.54) is 24.1 Å². The van der Waals surface area contributed by atoms with E-state index in [0.29, 0.717) is 17.9 Å². The third-order valence-electron chi connectivity index (χ3n) is 5.38. The van der Waals surface area contributed by atoms with Crippen molar-refractivity contribution >= 4 is 17.4 Å². The topological polar surface area (TPSA) is 41.6 Å². The summed E-state index contributed by atoms with van der Waals surface area (Å²) in [6.07, 6.45) is 7.22. The van der Waals surface area contributed by atoms with Gasteiger partial charge in [-0.25, -0.2) is 4.79 Å². The Morgan fingerprint density at radius 1 is 1.36 bits per heavy atom. The third kappa shape index (κ3) is 5.20. The zero-order chi connectivity index (χ0) is 17.6. The SMILES string of the molecule is CC(C)CC(NC(=O)N1CCCC(C2CCCCO2)C1)c1cccs1. The Morgan fingerprint density at radius 3 is 2.92 bits per heavy atom. The van der Waals surface area contributed by atoms with Gasteiger partial charge in [0.2, 0.25) is 0 Å². The van der Waals surface area contributed by atoms with Gasteiger partial charge in [0.25, 0.3) is 0 Å². The highest BCUT2D eigenvalue weighted by atomic mass is 32.1. The first kappa shape index (κ1) is 18.7. The predicted octanol–water partition coefficient (Wildman–Crippen LogP) is 4.83. The average molecular weight is 365 g/mol. The Kier molecular flexibility index (Phi) is 6.77. The van der Waals surface area contributed by atoms with Crippen LogP contribution in [-0.4, -0.2) is 36.7 Å². The molecule has 5 heteroatoms. The average Bonchev–Trinajstić information content (AvgIpc) is 3.16. The fourth-order valence-electron chi connectivity index (χ4n) is 4.08. The molecule has 2 fully saturated rings. The second kappa shape index (κ2) is 9.04. The van der Waals surface area contributed by atoms with Gasteiger partial charge in [-0.15, -0.1) is 11.3 Å². The molecule has 1 aromatic rings. The molecule has 3 unspecified atom stereocenters. The van der Waals surface area contributed by atoms with Crippen molar-refractivity contribution in [3.63, 3.8) is 0 Å². The number of amides is 2. The van der Waals surface area contributed by atoms with Crippen LogP contribution in [0.3, 0.4) is 0 Å². The smallest absolute Gasteiger partial charge is 0.317 e. The van der Waals surface area contributed by atoms with Gasteiger partial charge < -0.3 is 15.0 Å². The highest BCUT2D eigenvalue weighted by Crippen LogP contribution is 2.29. The van der Waals surface area contributed by atoms with E-state index >= 15 is 0 Å². The van der Waals surface area contributed by atoms with Crippen LogP contribution in [0.1, 0.15) is 63.3 Å². The number of nitrogens with one attached hydrogen (secondary N) is 1. The minimum absolute atomic E-state index is 0.0968. The summed E-state index contributed by atoms with van der Waals surface area (Å²) < 4.78 is 5.98. The quantitative estimate of drug-likeness (QED) is 0.813. The Bertz CT molecular complexity index is 526. The number of nitrogens with zero attached hydrogens (tertiary/aromatic N) is 1. The van der Waals surface area contributed by atoms with Crippen LogP contribution in [0.4, 0.5) is 4.79 Å². The van der Waals surface area contributed by atoms with Crippen molar-refractivity contribution < 1.29 is 9.53 Å². The Labute approximate surface area is 155 Å². The van der Waals surface area contributed by atoms with Gasteiger partial charge in [-0.2, -0.15) is 0 Å². The number of likely N-dealkylation sites (tertiary alicyclic amines) is 1. The van der Waals surface area contributed by atoms with Gasteiger partial charge in [0.1, 0.15) is 0 Å². The predicted molar refractivity (Wildman–Crippen MR) is 103 cm³/mol. The molecular formula is C20H32N2O2S. The van der Waals surface area contributed by atoms with Crippen LogP contribution in [-0.2, 0) is 4.74 Å². The van der Waals surface area contributed by atoms with E-state index in [4.69, 9.17) is 4.74 Å². The molecule has 3 heterocycles. The number of thiophene rings is 1. The van der Waals surface area contributed by atoms with Crippen LogP contribution in [0, 0.1) is 11.8 Å². The maximum atomic E-state index is 12.9. The molecular weight excluding hydrogens is 332 g/mol. The van der Waals surface area contributed by atoms with Gasteiger partial charge in [-0.05, 0) is 55.9 Å². The van der Waals surface area contributed by atoms with Gasteiger partial charge >= 0.3 is 6.03 Å². The first-order valence-electron chi connectivity index (χ1n) is 9.84. The van der Waals surface area contributed by atoms with Crippen molar-refractivity contribution in [1.29, 1.82) is 0 Å². The van der Waals surface area contributed by atoms with Crippen molar-refractivity contribution in [2.24, 2.45) is 11.8 Å². The lowest BCUT2D eigenvalue weighted by atomic mass is 9.88. The number of carbonyl (C=O) groups excluding carboxylic acids is 1. The molecule has 2 aliphatic rings. The van der Waals surface area contributed by atoms with E-state index in [-0.39, 0.29) is 12.1 Å². The molecule has 0 saturated carbocycles. The number of piperidine rings is 1. The molecule has 2 aliphatic heterocycles. The summed E-state index contributed by atoms with van der Waals surface area (Å²) in [4.78, 5) is 16.2. The Balaban J connectivity index is 1.58. The van der Waals surface area contributed by atoms with Gasteiger partial charge in [-0.3, -0.25) is 0 Å². The van der Waals surface area contributed by atoms with Gasteiger partial charge in [-0.1, -0.05) is 19.9 Å². The largest absolute Gasteiger partial charge is 0.378 e. The molecule has 25 heavy (non-hydrogen) atoms. The lowest BCUT2D eigenvalue weighted by Gasteiger charge is -2.38. The van der Waals surface area contributed by atoms with Crippen LogP contribution in [0.2, 0.25) is 0 Å². The van der Waals surface area contributed by atoms with Crippen molar-refractivity contribution in [3.8, 4) is 0 Å². The van der Waals surface area contributed by atoms with E-state index in [9.17, 15) is 4.79 Å². The lowest BCUT2D eigenvalue weighted by Crippen LogP contribution is -2.49. The molecule has 140 valence electrons. The zero-order valence-corrected chi connectivity index (χ0v) is 16.4. The summed E-state index contributed by atoms with van der Waals surface area (Å²) in [7, 11) is 0. The Hall–Kier alpha value is -1.07. The van der Waals surface area contributed by atoms with E-state index in [1.54, 1.807) is 11.3 Å². The zero-order valence-electron chi connectivity index (χ0n) is 15.6. The lowest BCUT2D eigenvalue weighted by molar-refractivity contribution is -0.0366. The number of rotatable bonds is 5. The van der Waals surface area contributed by atoms with E-state index < -0.39 is 0 Å². The van der Waals surface area contributed by atoms with Gasteiger partial charge in [0.15, 0.2) is 0 Å². The number of carbonyl (C=O) groups is 1. The van der Waals surface area contributed by atoms with Gasteiger partial charge in [0, 0.05) is 30.5 Å². The molecule has 0 radical (unpaired) electrons. The molecule has 0 bridgehead atoms. The van der Waals surface area contributed by atoms with Crippen LogP contribution in [0.15, 0.2) is 17.5 Å². The monoisotopic (exact) mass is 364 g/mol. The first-order chi connectivity index (χ1) is 12.1. The molecule has 1 N–H and O–H groups in total. The number of hydrogen-bond acceptors (Lipinski definition) is 3. The summed E-state index contributed by atoms with van der Waals surface area (Å²) in [6, 6.07) is 4.42. The number of urea groups is 1. The standard InChI is InChI=1S/C20H32N2O2S/c1-15(2)13-17(19-9-6-12-25-19)21-20(23)22-10-5-7-16(14-22)18-8-3-4-11-24-18/h6,9,12,15-18H,3-5,7-8,10-11,13-14H2,1-2H3,(H,21,23). The fraction of sp³-hybridized carbons (Fsp3) is 0.750. The second-order valence-electron chi connectivity index (χ2n) is 7.90. The number of ether oxygens (including phenoxy) is 1. The number of hydrogen-bond donors (Lipinski definition) is 1. The molecule has 3 rings (SSSR count). The summed E-state index contributed by atoms with van der Waals surface area (Å²) in [5, 5.41) is 5.39. The molecule has 0 aromatic carbocycles.